The third kappa shape index (κ3) is 5.83. The molecule has 2 aliphatic rings. The summed E-state index contributed by atoms with van der Waals surface area (Å²) in [6.07, 6.45) is 3.71. The molecule has 0 aromatic carbocycles. The van der Waals surface area contributed by atoms with Gasteiger partial charge in [0.05, 0.1) is 11.8 Å². The number of amides is 2. The van der Waals surface area contributed by atoms with Gasteiger partial charge < -0.3 is 15.6 Å². The number of rotatable bonds is 9. The molecule has 1 aromatic heterocycles. The first-order chi connectivity index (χ1) is 13.7. The number of hydrogen-bond donors (Lipinski definition) is 3. The number of carbonyl (C=O) groups is 3. The number of nitrogens with one attached hydrogen (secondary N) is 3. The van der Waals surface area contributed by atoms with Crippen molar-refractivity contribution in [3.63, 3.8) is 0 Å². The molecule has 1 aliphatic heterocycles. The van der Waals surface area contributed by atoms with Crippen LogP contribution in [0, 0.1) is 29.1 Å². The highest BCUT2D eigenvalue weighted by Crippen LogP contribution is 2.37. The Morgan fingerprint density at radius 2 is 2.07 bits per heavy atom. The monoisotopic (exact) mass is 418 g/mol. The van der Waals surface area contributed by atoms with E-state index in [2.05, 4.69) is 21.7 Å². The number of hydrogen-bond acceptors (Lipinski definition) is 4. The van der Waals surface area contributed by atoms with Crippen LogP contribution in [-0.2, 0) is 9.59 Å². The third-order valence-corrected chi connectivity index (χ3v) is 5.87. The molecule has 0 spiro atoms. The number of ketones is 1. The van der Waals surface area contributed by atoms with E-state index in [0.717, 1.165) is 12.8 Å². The summed E-state index contributed by atoms with van der Waals surface area (Å²) in [6, 6.07) is 4.55. The van der Waals surface area contributed by atoms with Gasteiger partial charge in [-0.05, 0) is 51.2 Å². The van der Waals surface area contributed by atoms with Gasteiger partial charge in [0.15, 0.2) is 5.78 Å². The second-order valence-corrected chi connectivity index (χ2v) is 9.33. The molecule has 0 radical (unpaired) electrons. The van der Waals surface area contributed by atoms with E-state index in [9.17, 15) is 19.6 Å². The third-order valence-electron chi connectivity index (χ3n) is 5.65. The van der Waals surface area contributed by atoms with Crippen LogP contribution in [0.25, 0.3) is 0 Å². The molecule has 3 atom stereocenters. The first-order valence-electron chi connectivity index (χ1n) is 10.1. The van der Waals surface area contributed by atoms with Crippen LogP contribution in [0.5, 0.6) is 0 Å². The number of Topliss-reactive ketones (excluding diaryl/α,β-unsaturated/α-hetero) is 1. The predicted octanol–water partition coefficient (Wildman–Crippen LogP) is 2.97. The summed E-state index contributed by atoms with van der Waals surface area (Å²) in [7, 11) is 0. The van der Waals surface area contributed by atoms with Crippen molar-refractivity contribution in [2.24, 2.45) is 17.8 Å². The number of carbonyl (C=O) groups excluding carboxylic acids is 3. The lowest BCUT2D eigenvalue weighted by atomic mass is 9.90. The first-order valence-corrected chi connectivity index (χ1v) is 10.4. The molecule has 29 heavy (non-hydrogen) atoms. The molecule has 2 heterocycles. The average molecular weight is 419 g/mol. The lowest BCUT2D eigenvalue weighted by Crippen LogP contribution is -2.40. The summed E-state index contributed by atoms with van der Waals surface area (Å²) < 4.78 is 0. The van der Waals surface area contributed by atoms with Crippen LogP contribution in [0.1, 0.15) is 62.9 Å². The van der Waals surface area contributed by atoms with Gasteiger partial charge in [0, 0.05) is 23.8 Å². The fourth-order valence-electron chi connectivity index (χ4n) is 4.01. The Kier molecular flexibility index (Phi) is 6.33. The minimum absolute atomic E-state index is 0.0638. The topological polar surface area (TPSA) is 115 Å². The van der Waals surface area contributed by atoms with Crippen LogP contribution in [0.3, 0.4) is 0 Å². The maximum absolute atomic E-state index is 12.9. The molecular weight excluding hydrogens is 392 g/mol. The largest absolute Gasteiger partial charge is 0.351 e. The summed E-state index contributed by atoms with van der Waals surface area (Å²) in [6.45, 7) is 3.88. The number of nitriles is 1. The Morgan fingerprint density at radius 3 is 2.59 bits per heavy atom. The number of aromatic amines is 1. The zero-order chi connectivity index (χ0) is 21.2. The van der Waals surface area contributed by atoms with Gasteiger partial charge in [-0.1, -0.05) is 24.4 Å². The molecule has 156 valence electrons. The molecule has 3 unspecified atom stereocenters. The second-order valence-electron chi connectivity index (χ2n) is 8.92. The van der Waals surface area contributed by atoms with Crippen LogP contribution in [-0.4, -0.2) is 34.2 Å². The lowest BCUT2D eigenvalue weighted by Gasteiger charge is -2.20. The van der Waals surface area contributed by atoms with Gasteiger partial charge in [-0.15, -0.1) is 0 Å². The van der Waals surface area contributed by atoms with Crippen molar-refractivity contribution < 1.29 is 14.4 Å². The van der Waals surface area contributed by atoms with Gasteiger partial charge >= 0.3 is 0 Å². The molecule has 7 nitrogen and oxygen atoms in total. The average Bonchev–Trinajstić information content (AvgIpc) is 3.28. The van der Waals surface area contributed by atoms with Crippen LogP contribution in [0.4, 0.5) is 0 Å². The van der Waals surface area contributed by atoms with E-state index in [0.29, 0.717) is 29.6 Å². The normalized spacial score (nSPS) is 22.4. The molecule has 1 saturated carbocycles. The van der Waals surface area contributed by atoms with E-state index >= 15 is 0 Å². The molecule has 8 heteroatoms. The highest BCUT2D eigenvalue weighted by molar-refractivity contribution is 6.29. The van der Waals surface area contributed by atoms with Crippen molar-refractivity contribution in [3.8, 4) is 6.07 Å². The number of nitrogens with zero attached hydrogens (tertiary/aromatic N) is 1. The van der Waals surface area contributed by atoms with Gasteiger partial charge in [-0.25, -0.2) is 0 Å². The molecule has 1 saturated heterocycles. The maximum atomic E-state index is 12.9. The molecule has 3 rings (SSSR count). The maximum Gasteiger partial charge on any atom is 0.224 e. The summed E-state index contributed by atoms with van der Waals surface area (Å²) in [4.78, 5) is 40.3. The van der Waals surface area contributed by atoms with Gasteiger partial charge in [-0.2, -0.15) is 5.26 Å². The van der Waals surface area contributed by atoms with E-state index in [1.54, 1.807) is 12.1 Å². The Balaban J connectivity index is 1.61. The second kappa shape index (κ2) is 8.58. The van der Waals surface area contributed by atoms with E-state index in [1.807, 2.05) is 13.8 Å². The van der Waals surface area contributed by atoms with Crippen molar-refractivity contribution in [2.45, 2.75) is 64.0 Å². The smallest absolute Gasteiger partial charge is 0.224 e. The summed E-state index contributed by atoms with van der Waals surface area (Å²) in [5.41, 5.74) is 0.0783. The minimum Gasteiger partial charge on any atom is -0.351 e. The molecule has 2 amide bonds. The molecule has 0 bridgehead atoms. The van der Waals surface area contributed by atoms with Crippen molar-refractivity contribution >= 4 is 29.2 Å². The number of aromatic nitrogens is 1. The van der Waals surface area contributed by atoms with E-state index in [4.69, 9.17) is 11.6 Å². The Hall–Kier alpha value is -2.33. The highest BCUT2D eigenvalue weighted by atomic mass is 35.5. The first kappa shape index (κ1) is 21.4. The predicted molar refractivity (Wildman–Crippen MR) is 108 cm³/mol. The van der Waals surface area contributed by atoms with Crippen LogP contribution >= 0.6 is 11.6 Å². The Labute approximate surface area is 175 Å². The summed E-state index contributed by atoms with van der Waals surface area (Å²) in [5, 5.41) is 15.6. The summed E-state index contributed by atoms with van der Waals surface area (Å²) >= 11 is 5.84. The minimum atomic E-state index is -0.760. The van der Waals surface area contributed by atoms with Crippen molar-refractivity contribution in [2.75, 3.05) is 0 Å². The quantitative estimate of drug-likeness (QED) is 0.534. The van der Waals surface area contributed by atoms with Gasteiger partial charge in [-0.3, -0.25) is 14.4 Å². The van der Waals surface area contributed by atoms with Crippen LogP contribution in [0.2, 0.25) is 5.15 Å². The van der Waals surface area contributed by atoms with Gasteiger partial charge in [0.25, 0.3) is 0 Å². The molecule has 1 aliphatic carbocycles. The van der Waals surface area contributed by atoms with E-state index in [-0.39, 0.29) is 41.9 Å². The summed E-state index contributed by atoms with van der Waals surface area (Å²) in [5.74, 6) is -0.915. The standard InChI is InChI=1S/C21H27ClN4O3/c1-21(2)10-14(20(29)26-21)8-15(11-23)24-19(28)13(7-12-3-4-12)9-17(27)16-5-6-18(22)25-16/h5-6,12-15,25H,3-4,7-10H2,1-2H3,(H,24,28)(H,26,29). The van der Waals surface area contributed by atoms with Crippen LogP contribution < -0.4 is 10.6 Å². The number of halogens is 1. The Morgan fingerprint density at radius 1 is 1.34 bits per heavy atom. The molecule has 2 fully saturated rings. The van der Waals surface area contributed by atoms with Crippen molar-refractivity contribution in [3.05, 3.63) is 23.0 Å². The van der Waals surface area contributed by atoms with E-state index < -0.39 is 12.0 Å². The van der Waals surface area contributed by atoms with Crippen molar-refractivity contribution in [1.29, 1.82) is 5.26 Å². The zero-order valence-corrected chi connectivity index (χ0v) is 17.5. The van der Waals surface area contributed by atoms with Gasteiger partial charge in [0.2, 0.25) is 11.8 Å². The lowest BCUT2D eigenvalue weighted by molar-refractivity contribution is -0.127. The van der Waals surface area contributed by atoms with Crippen LogP contribution in [0.15, 0.2) is 12.1 Å². The SMILES string of the molecule is CC1(C)CC(CC(C#N)NC(=O)C(CC(=O)c2ccc(Cl)[nH]2)CC2CC2)C(=O)N1. The fraction of sp³-hybridized carbons (Fsp3) is 0.619. The van der Waals surface area contributed by atoms with E-state index in [1.165, 1.54) is 0 Å². The molecule has 1 aromatic rings. The molecular formula is C21H27ClN4O3. The Bertz CT molecular complexity index is 837. The fourth-order valence-corrected chi connectivity index (χ4v) is 4.17. The zero-order valence-electron chi connectivity index (χ0n) is 16.8. The molecule has 3 N–H and O–H groups in total. The van der Waals surface area contributed by atoms with Gasteiger partial charge in [0.1, 0.15) is 11.2 Å². The highest BCUT2D eigenvalue weighted by Gasteiger charge is 2.39. The number of H-pyrrole nitrogens is 1. The van der Waals surface area contributed by atoms with Crippen molar-refractivity contribution in [1.82, 2.24) is 15.6 Å².